The van der Waals surface area contributed by atoms with E-state index in [1.807, 2.05) is 12.1 Å². The van der Waals surface area contributed by atoms with Crippen LogP contribution in [0.5, 0.6) is 0 Å². The maximum Gasteiger partial charge on any atom is 0.421 e. The van der Waals surface area contributed by atoms with Crippen LogP contribution < -0.4 is 16.0 Å². The van der Waals surface area contributed by atoms with Crippen molar-refractivity contribution in [3.63, 3.8) is 0 Å². The van der Waals surface area contributed by atoms with Crippen LogP contribution in [0.2, 0.25) is 0 Å². The third kappa shape index (κ3) is 4.07. The van der Waals surface area contributed by atoms with Crippen molar-refractivity contribution in [2.75, 3.05) is 17.2 Å². The van der Waals surface area contributed by atoms with Gasteiger partial charge in [0.15, 0.2) is 0 Å². The molecular formula is C17H20Cl2F3N5. The van der Waals surface area contributed by atoms with Crippen molar-refractivity contribution in [3.8, 4) is 0 Å². The highest BCUT2D eigenvalue weighted by Gasteiger charge is 2.36. The molecule has 1 fully saturated rings. The van der Waals surface area contributed by atoms with Crippen LogP contribution in [-0.4, -0.2) is 16.5 Å². The van der Waals surface area contributed by atoms with E-state index in [4.69, 9.17) is 0 Å². The minimum absolute atomic E-state index is 0. The second kappa shape index (κ2) is 8.08. The minimum Gasteiger partial charge on any atom is -0.370 e. The van der Waals surface area contributed by atoms with E-state index in [0.29, 0.717) is 18.6 Å². The Morgan fingerprint density at radius 3 is 2.52 bits per heavy atom. The van der Waals surface area contributed by atoms with E-state index in [9.17, 15) is 13.2 Å². The van der Waals surface area contributed by atoms with Crippen LogP contribution in [0.1, 0.15) is 48.5 Å². The Hall–Kier alpha value is -1.77. The second-order valence-electron chi connectivity index (χ2n) is 6.30. The number of nitrogens with one attached hydrogen (secondary N) is 3. The van der Waals surface area contributed by atoms with Gasteiger partial charge in [-0.2, -0.15) is 18.2 Å². The van der Waals surface area contributed by atoms with Crippen molar-refractivity contribution in [2.45, 2.75) is 38.0 Å². The molecule has 2 atom stereocenters. The molecule has 0 amide bonds. The summed E-state index contributed by atoms with van der Waals surface area (Å²) in [5, 5.41) is 9.20. The van der Waals surface area contributed by atoms with Gasteiger partial charge in [-0.05, 0) is 43.0 Å². The normalized spacial score (nSPS) is 19.7. The highest BCUT2D eigenvalue weighted by Crippen LogP contribution is 2.45. The molecule has 148 valence electrons. The molecule has 4 rings (SSSR count). The maximum absolute atomic E-state index is 13.0. The number of anilines is 3. The van der Waals surface area contributed by atoms with Gasteiger partial charge in [-0.3, -0.25) is 0 Å². The number of aromatic nitrogens is 2. The first-order valence-corrected chi connectivity index (χ1v) is 8.30. The average molecular weight is 422 g/mol. The smallest absolute Gasteiger partial charge is 0.370 e. The largest absolute Gasteiger partial charge is 0.421 e. The summed E-state index contributed by atoms with van der Waals surface area (Å²) < 4.78 is 39.1. The number of hydrogen-bond acceptors (Lipinski definition) is 5. The first-order valence-electron chi connectivity index (χ1n) is 8.30. The van der Waals surface area contributed by atoms with Crippen LogP contribution >= 0.6 is 24.8 Å². The number of rotatable bonds is 4. The fraction of sp³-hybridized carbons (Fsp3) is 0.412. The summed E-state index contributed by atoms with van der Waals surface area (Å²) in [6, 6.07) is 6.79. The van der Waals surface area contributed by atoms with Crippen LogP contribution in [0.4, 0.5) is 30.6 Å². The fourth-order valence-electron chi connectivity index (χ4n) is 3.59. The molecule has 0 radical (unpaired) electrons. The van der Waals surface area contributed by atoms with E-state index in [0.717, 1.165) is 24.7 Å². The second-order valence-corrected chi connectivity index (χ2v) is 6.30. The highest BCUT2D eigenvalue weighted by atomic mass is 35.5. The third-order valence-electron chi connectivity index (χ3n) is 4.68. The SMILES string of the molecule is CCNc1nc(Nc2ccc3c(c2)C2CCC3N2)ncc1C(F)(F)F.Cl.Cl. The molecule has 27 heavy (non-hydrogen) atoms. The number of nitrogens with zero attached hydrogens (tertiary/aromatic N) is 2. The summed E-state index contributed by atoms with van der Waals surface area (Å²) >= 11 is 0. The molecule has 3 heterocycles. The molecule has 0 aliphatic carbocycles. The van der Waals surface area contributed by atoms with Gasteiger partial charge < -0.3 is 16.0 Å². The zero-order chi connectivity index (χ0) is 17.6. The van der Waals surface area contributed by atoms with Gasteiger partial charge in [0, 0.05) is 30.5 Å². The van der Waals surface area contributed by atoms with E-state index in [-0.39, 0.29) is 36.6 Å². The molecule has 3 N–H and O–H groups in total. The topological polar surface area (TPSA) is 61.9 Å². The monoisotopic (exact) mass is 421 g/mol. The van der Waals surface area contributed by atoms with Gasteiger partial charge in [0.05, 0.1) is 0 Å². The summed E-state index contributed by atoms with van der Waals surface area (Å²) in [6.07, 6.45) is -1.42. The number of halogens is 5. The van der Waals surface area contributed by atoms with Crippen molar-refractivity contribution in [3.05, 3.63) is 41.1 Å². The quantitative estimate of drug-likeness (QED) is 0.648. The van der Waals surface area contributed by atoms with Gasteiger partial charge in [-0.1, -0.05) is 6.07 Å². The van der Waals surface area contributed by atoms with E-state index in [1.165, 1.54) is 11.1 Å². The predicted molar refractivity (Wildman–Crippen MR) is 103 cm³/mol. The molecule has 5 nitrogen and oxygen atoms in total. The zero-order valence-corrected chi connectivity index (χ0v) is 16.1. The fourth-order valence-corrected chi connectivity index (χ4v) is 3.59. The highest BCUT2D eigenvalue weighted by molar-refractivity contribution is 5.85. The van der Waals surface area contributed by atoms with Crippen molar-refractivity contribution in [1.29, 1.82) is 0 Å². The third-order valence-corrected chi connectivity index (χ3v) is 4.68. The summed E-state index contributed by atoms with van der Waals surface area (Å²) in [4.78, 5) is 7.82. The Labute approximate surface area is 167 Å². The molecule has 2 unspecified atom stereocenters. The van der Waals surface area contributed by atoms with Crippen LogP contribution in [0, 0.1) is 0 Å². The Bertz CT molecular complexity index is 816. The molecule has 1 aromatic carbocycles. The molecule has 2 bridgehead atoms. The van der Waals surface area contributed by atoms with Gasteiger partial charge in [0.25, 0.3) is 0 Å². The van der Waals surface area contributed by atoms with Crippen molar-refractivity contribution >= 4 is 42.3 Å². The Morgan fingerprint density at radius 2 is 1.85 bits per heavy atom. The zero-order valence-electron chi connectivity index (χ0n) is 14.4. The molecule has 2 aliphatic heterocycles. The summed E-state index contributed by atoms with van der Waals surface area (Å²) in [6.45, 7) is 2.06. The first-order chi connectivity index (χ1) is 12.0. The van der Waals surface area contributed by atoms with E-state index < -0.39 is 11.7 Å². The van der Waals surface area contributed by atoms with Gasteiger partial charge >= 0.3 is 6.18 Å². The molecule has 0 spiro atoms. The lowest BCUT2D eigenvalue weighted by Crippen LogP contribution is -2.14. The van der Waals surface area contributed by atoms with E-state index >= 15 is 0 Å². The van der Waals surface area contributed by atoms with Crippen LogP contribution in [0.15, 0.2) is 24.4 Å². The summed E-state index contributed by atoms with van der Waals surface area (Å²) in [7, 11) is 0. The first kappa shape index (κ1) is 21.5. The van der Waals surface area contributed by atoms with Gasteiger partial charge in [0.2, 0.25) is 5.95 Å². The number of fused-ring (bicyclic) bond motifs is 5. The van der Waals surface area contributed by atoms with Crippen LogP contribution in [0.3, 0.4) is 0 Å². The number of hydrogen-bond donors (Lipinski definition) is 3. The summed E-state index contributed by atoms with van der Waals surface area (Å²) in [5.74, 6) is -0.0746. The van der Waals surface area contributed by atoms with Gasteiger partial charge in [-0.25, -0.2) is 4.98 Å². The molecule has 1 aromatic heterocycles. The molecule has 0 saturated carbocycles. The van der Waals surface area contributed by atoms with Gasteiger partial charge in [-0.15, -0.1) is 24.8 Å². The summed E-state index contributed by atoms with van der Waals surface area (Å²) in [5.41, 5.74) is 2.47. The Kier molecular flexibility index (Phi) is 6.44. The maximum atomic E-state index is 13.0. The average Bonchev–Trinajstić information content (AvgIpc) is 3.16. The van der Waals surface area contributed by atoms with E-state index in [2.05, 4.69) is 32.0 Å². The van der Waals surface area contributed by atoms with Crippen LogP contribution in [0.25, 0.3) is 0 Å². The number of alkyl halides is 3. The minimum atomic E-state index is -4.49. The van der Waals surface area contributed by atoms with E-state index in [1.54, 1.807) is 6.92 Å². The predicted octanol–water partition coefficient (Wildman–Crippen LogP) is 4.99. The lowest BCUT2D eigenvalue weighted by molar-refractivity contribution is -0.137. The van der Waals surface area contributed by atoms with Crippen molar-refractivity contribution in [1.82, 2.24) is 15.3 Å². The molecule has 2 aliphatic rings. The molecule has 2 aromatic rings. The molecule has 10 heteroatoms. The van der Waals surface area contributed by atoms with Crippen molar-refractivity contribution in [2.24, 2.45) is 0 Å². The molecule has 1 saturated heterocycles. The lowest BCUT2D eigenvalue weighted by Gasteiger charge is -2.16. The lowest BCUT2D eigenvalue weighted by atomic mass is 9.91. The number of benzene rings is 1. The standard InChI is InChI=1S/C17H18F3N5.2ClH/c1-2-21-15-12(17(18,19)20)8-22-16(25-15)23-9-3-4-10-11(7-9)14-6-5-13(10)24-14;;/h3-4,7-8,13-14,24H,2,5-6H2,1H3,(H2,21,22,23,25);2*1H. The van der Waals surface area contributed by atoms with Gasteiger partial charge in [0.1, 0.15) is 11.4 Å². The van der Waals surface area contributed by atoms with Crippen molar-refractivity contribution < 1.29 is 13.2 Å². The van der Waals surface area contributed by atoms with Crippen LogP contribution in [-0.2, 0) is 6.18 Å². The molecular weight excluding hydrogens is 402 g/mol. The Balaban J connectivity index is 0.00000131. The Morgan fingerprint density at radius 1 is 1.15 bits per heavy atom.